The van der Waals surface area contributed by atoms with Crippen molar-refractivity contribution >= 4 is 33.8 Å². The van der Waals surface area contributed by atoms with Crippen LogP contribution in [0.4, 0.5) is 0 Å². The molecule has 0 unspecified atom stereocenters. The normalized spacial score (nSPS) is 11.5. The highest BCUT2D eigenvalue weighted by molar-refractivity contribution is 5.92. The van der Waals surface area contributed by atoms with Gasteiger partial charge in [-0.2, -0.15) is 0 Å². The Morgan fingerprint density at radius 3 is 2.35 bits per heavy atom. The van der Waals surface area contributed by atoms with Gasteiger partial charge in [0.15, 0.2) is 0 Å². The Labute approximate surface area is 180 Å². The van der Waals surface area contributed by atoms with E-state index in [0.717, 1.165) is 22.4 Å². The molecule has 0 spiro atoms. The predicted octanol–water partition coefficient (Wildman–Crippen LogP) is 6.33. The molecule has 3 heteroatoms. The number of rotatable bonds is 3. The van der Waals surface area contributed by atoms with Crippen LogP contribution in [0.5, 0.6) is 0 Å². The number of hydrogen-bond acceptors (Lipinski definition) is 2. The van der Waals surface area contributed by atoms with Crippen molar-refractivity contribution in [3.8, 4) is 5.69 Å². The monoisotopic (exact) mass is 402 g/mol. The first-order valence-corrected chi connectivity index (χ1v) is 10.4. The number of nitrogens with zero attached hydrogens (tertiary/aromatic N) is 2. The fraction of sp³-hybridized carbons (Fsp3) is 0.0714. The van der Waals surface area contributed by atoms with Gasteiger partial charge in [0, 0.05) is 0 Å². The minimum absolute atomic E-state index is 0.0601. The van der Waals surface area contributed by atoms with Crippen LogP contribution in [0.15, 0.2) is 89.7 Å². The van der Waals surface area contributed by atoms with E-state index in [-0.39, 0.29) is 5.56 Å². The van der Waals surface area contributed by atoms with Gasteiger partial charge in [0.05, 0.1) is 16.6 Å². The van der Waals surface area contributed by atoms with E-state index in [1.807, 2.05) is 73.7 Å². The third kappa shape index (κ3) is 3.44. The van der Waals surface area contributed by atoms with Crippen molar-refractivity contribution in [2.45, 2.75) is 13.8 Å². The van der Waals surface area contributed by atoms with Gasteiger partial charge in [0.25, 0.3) is 5.56 Å². The van der Waals surface area contributed by atoms with E-state index < -0.39 is 0 Å². The van der Waals surface area contributed by atoms with Gasteiger partial charge >= 0.3 is 0 Å². The quantitative estimate of drug-likeness (QED) is 0.354. The van der Waals surface area contributed by atoms with E-state index >= 15 is 0 Å². The Hall–Kier alpha value is -3.98. The number of benzene rings is 4. The molecule has 0 aliphatic carbocycles. The third-order valence-electron chi connectivity index (χ3n) is 5.63. The molecule has 0 amide bonds. The second kappa shape index (κ2) is 7.69. The van der Waals surface area contributed by atoms with Crippen LogP contribution < -0.4 is 5.56 Å². The molecule has 0 bridgehead atoms. The molecule has 0 radical (unpaired) electrons. The van der Waals surface area contributed by atoms with Crippen LogP contribution in [-0.4, -0.2) is 9.55 Å². The van der Waals surface area contributed by atoms with Gasteiger partial charge in [-0.15, -0.1) is 0 Å². The maximum Gasteiger partial charge on any atom is 0.266 e. The summed E-state index contributed by atoms with van der Waals surface area (Å²) in [7, 11) is 0. The predicted molar refractivity (Wildman–Crippen MR) is 130 cm³/mol. The van der Waals surface area contributed by atoms with E-state index in [4.69, 9.17) is 4.98 Å². The first-order chi connectivity index (χ1) is 15.1. The largest absolute Gasteiger partial charge is 0.268 e. The molecular weight excluding hydrogens is 380 g/mol. The van der Waals surface area contributed by atoms with Crippen molar-refractivity contribution in [1.29, 1.82) is 0 Å². The van der Waals surface area contributed by atoms with Crippen molar-refractivity contribution in [3.05, 3.63) is 118 Å². The second-order valence-corrected chi connectivity index (χ2v) is 7.82. The van der Waals surface area contributed by atoms with Crippen LogP contribution in [-0.2, 0) is 0 Å². The average Bonchev–Trinajstić information content (AvgIpc) is 2.78. The summed E-state index contributed by atoms with van der Waals surface area (Å²) in [6, 6.07) is 28.2. The van der Waals surface area contributed by atoms with E-state index in [1.165, 1.54) is 10.8 Å². The molecule has 0 fully saturated rings. The van der Waals surface area contributed by atoms with Crippen LogP contribution in [0, 0.1) is 13.8 Å². The van der Waals surface area contributed by atoms with E-state index in [9.17, 15) is 4.79 Å². The molecule has 0 saturated heterocycles. The number of para-hydroxylation sites is 1. The number of aromatic nitrogens is 2. The highest BCUT2D eigenvalue weighted by Gasteiger charge is 2.13. The lowest BCUT2D eigenvalue weighted by Crippen LogP contribution is -2.23. The van der Waals surface area contributed by atoms with E-state index in [2.05, 4.69) is 37.3 Å². The molecule has 4 aromatic carbocycles. The molecule has 3 nitrogen and oxygen atoms in total. The maximum atomic E-state index is 13.5. The Morgan fingerprint density at radius 1 is 0.774 bits per heavy atom. The van der Waals surface area contributed by atoms with Crippen LogP contribution in [0.2, 0.25) is 0 Å². The standard InChI is InChI=1S/C28H22N2O/c1-19-14-16-26(20(2)18-19)30-27(29-25-13-6-5-12-24(25)28(30)31)17-15-22-10-7-9-21-8-3-4-11-23(21)22/h3-18H,1-2H3. The van der Waals surface area contributed by atoms with Gasteiger partial charge in [0.1, 0.15) is 5.82 Å². The summed E-state index contributed by atoms with van der Waals surface area (Å²) in [6.45, 7) is 4.09. The zero-order chi connectivity index (χ0) is 21.4. The summed E-state index contributed by atoms with van der Waals surface area (Å²) in [6.07, 6.45) is 3.98. The van der Waals surface area contributed by atoms with Crippen molar-refractivity contribution in [2.75, 3.05) is 0 Å². The SMILES string of the molecule is Cc1ccc(-n2c(C=Cc3cccc4ccccc34)nc3ccccc3c2=O)c(C)c1. The Balaban J connectivity index is 1.76. The van der Waals surface area contributed by atoms with Gasteiger partial charge in [-0.1, -0.05) is 78.4 Å². The molecule has 0 saturated carbocycles. The molecule has 5 rings (SSSR count). The molecule has 0 aliphatic heterocycles. The smallest absolute Gasteiger partial charge is 0.266 e. The van der Waals surface area contributed by atoms with Gasteiger partial charge in [0.2, 0.25) is 0 Å². The third-order valence-corrected chi connectivity index (χ3v) is 5.63. The van der Waals surface area contributed by atoms with E-state index in [0.29, 0.717) is 16.7 Å². The number of aryl methyl sites for hydroxylation is 2. The minimum Gasteiger partial charge on any atom is -0.268 e. The summed E-state index contributed by atoms with van der Waals surface area (Å²) in [5.74, 6) is 0.614. The zero-order valence-corrected chi connectivity index (χ0v) is 17.5. The van der Waals surface area contributed by atoms with Crippen molar-refractivity contribution in [1.82, 2.24) is 9.55 Å². The molecule has 1 heterocycles. The lowest BCUT2D eigenvalue weighted by atomic mass is 10.0. The van der Waals surface area contributed by atoms with Gasteiger partial charge in [-0.3, -0.25) is 9.36 Å². The zero-order valence-electron chi connectivity index (χ0n) is 17.5. The summed E-state index contributed by atoms with van der Waals surface area (Å²) >= 11 is 0. The van der Waals surface area contributed by atoms with E-state index in [1.54, 1.807) is 4.57 Å². The second-order valence-electron chi connectivity index (χ2n) is 7.82. The molecule has 0 N–H and O–H groups in total. The maximum absolute atomic E-state index is 13.5. The van der Waals surface area contributed by atoms with Gasteiger partial charge in [-0.25, -0.2) is 4.98 Å². The van der Waals surface area contributed by atoms with Crippen molar-refractivity contribution in [3.63, 3.8) is 0 Å². The average molecular weight is 402 g/mol. The fourth-order valence-electron chi connectivity index (χ4n) is 4.11. The lowest BCUT2D eigenvalue weighted by molar-refractivity contribution is 0.933. The van der Waals surface area contributed by atoms with Crippen molar-refractivity contribution in [2.24, 2.45) is 0 Å². The highest BCUT2D eigenvalue weighted by Crippen LogP contribution is 2.22. The molecule has 150 valence electrons. The topological polar surface area (TPSA) is 34.9 Å². The Kier molecular flexibility index (Phi) is 4.72. The molecule has 0 aliphatic rings. The van der Waals surface area contributed by atoms with Crippen LogP contribution >= 0.6 is 0 Å². The molecular formula is C28H22N2O. The van der Waals surface area contributed by atoms with Crippen LogP contribution in [0.1, 0.15) is 22.5 Å². The van der Waals surface area contributed by atoms with Crippen LogP contribution in [0.3, 0.4) is 0 Å². The minimum atomic E-state index is -0.0601. The molecule has 31 heavy (non-hydrogen) atoms. The number of hydrogen-bond donors (Lipinski definition) is 0. The fourth-order valence-corrected chi connectivity index (χ4v) is 4.11. The van der Waals surface area contributed by atoms with Gasteiger partial charge in [-0.05, 0) is 60.0 Å². The first-order valence-electron chi connectivity index (χ1n) is 10.4. The molecule has 1 aromatic heterocycles. The number of fused-ring (bicyclic) bond motifs is 2. The van der Waals surface area contributed by atoms with Gasteiger partial charge < -0.3 is 0 Å². The van der Waals surface area contributed by atoms with Crippen LogP contribution in [0.25, 0.3) is 39.5 Å². The Morgan fingerprint density at radius 2 is 1.52 bits per heavy atom. The summed E-state index contributed by atoms with van der Waals surface area (Å²) in [5.41, 5.74) is 4.79. The summed E-state index contributed by atoms with van der Waals surface area (Å²) in [4.78, 5) is 18.3. The molecule has 0 atom stereocenters. The first kappa shape index (κ1) is 19.0. The summed E-state index contributed by atoms with van der Waals surface area (Å²) in [5, 5.41) is 2.97. The Bertz CT molecular complexity index is 1520. The lowest BCUT2D eigenvalue weighted by Gasteiger charge is -2.14. The highest BCUT2D eigenvalue weighted by atomic mass is 16.1. The molecule has 5 aromatic rings. The van der Waals surface area contributed by atoms with Crippen molar-refractivity contribution < 1.29 is 0 Å². The summed E-state index contributed by atoms with van der Waals surface area (Å²) < 4.78 is 1.72.